The van der Waals surface area contributed by atoms with E-state index in [1.165, 1.54) is 24.3 Å². The molecule has 0 spiro atoms. The molecule has 10 nitrogen and oxygen atoms in total. The van der Waals surface area contributed by atoms with E-state index in [0.29, 0.717) is 21.9 Å². The molecule has 1 fully saturated rings. The average molecular weight is 566 g/mol. The number of carbonyl (C=O) groups is 2. The second kappa shape index (κ2) is 12.2. The molecule has 0 radical (unpaired) electrons. The molecule has 0 aromatic heterocycles. The van der Waals surface area contributed by atoms with Gasteiger partial charge in [0.2, 0.25) is 15.9 Å². The van der Waals surface area contributed by atoms with Crippen molar-refractivity contribution in [2.24, 2.45) is 5.84 Å². The normalized spacial score (nSPS) is 14.6. The van der Waals surface area contributed by atoms with Crippen LogP contribution >= 0.6 is 0 Å². The third-order valence-electron chi connectivity index (χ3n) is 7.40. The van der Waals surface area contributed by atoms with Crippen molar-refractivity contribution in [3.05, 3.63) is 77.4 Å². The van der Waals surface area contributed by atoms with E-state index >= 15 is 0 Å². The van der Waals surface area contributed by atoms with Gasteiger partial charge in [0.05, 0.1) is 17.6 Å². The van der Waals surface area contributed by atoms with Crippen LogP contribution in [0.2, 0.25) is 0 Å². The van der Waals surface area contributed by atoms with Gasteiger partial charge in [-0.1, -0.05) is 55.3 Å². The molecule has 0 bridgehead atoms. The molecule has 0 heterocycles. The highest BCUT2D eigenvalue weighted by molar-refractivity contribution is 7.89. The van der Waals surface area contributed by atoms with Crippen molar-refractivity contribution < 1.29 is 22.7 Å². The number of esters is 1. The lowest BCUT2D eigenvalue weighted by Gasteiger charge is -2.29. The third-order valence-corrected chi connectivity index (χ3v) is 8.87. The molecule has 0 unspecified atom stereocenters. The number of likely N-dealkylation sites (N-methyl/N-ethyl adjacent to an activating group) is 1. The summed E-state index contributed by atoms with van der Waals surface area (Å²) in [6, 6.07) is 15.5. The summed E-state index contributed by atoms with van der Waals surface area (Å²) < 4.78 is 34.7. The SMILES string of the molecule is COC(=O)c1cccc2cc(S(=O)(=O)N[C@@H](Cc3ccc(C(=N)N(C)N)cc3)C(=O)N(C)C3CCCC3)ccc12. The number of methoxy groups -OCH3 is 1. The fourth-order valence-corrected chi connectivity index (χ4v) is 6.33. The fraction of sp³-hybridized carbons (Fsp3) is 0.345. The van der Waals surface area contributed by atoms with Crippen LogP contribution in [0.5, 0.6) is 0 Å². The lowest BCUT2D eigenvalue weighted by molar-refractivity contribution is -0.133. The van der Waals surface area contributed by atoms with Gasteiger partial charge in [0.1, 0.15) is 11.9 Å². The minimum atomic E-state index is -4.12. The number of hydrogen-bond donors (Lipinski definition) is 3. The smallest absolute Gasteiger partial charge is 0.338 e. The molecular weight excluding hydrogens is 530 g/mol. The van der Waals surface area contributed by atoms with E-state index in [0.717, 1.165) is 31.2 Å². The highest BCUT2D eigenvalue weighted by Gasteiger charge is 2.32. The van der Waals surface area contributed by atoms with Crippen LogP contribution in [0, 0.1) is 5.41 Å². The number of nitrogens with one attached hydrogen (secondary N) is 2. The number of sulfonamides is 1. The lowest BCUT2D eigenvalue weighted by Crippen LogP contribution is -2.50. The summed E-state index contributed by atoms with van der Waals surface area (Å²) in [7, 11) is 0.473. The number of amides is 1. The van der Waals surface area contributed by atoms with Gasteiger partial charge in [-0.3, -0.25) is 15.2 Å². The Morgan fingerprint density at radius 2 is 1.75 bits per heavy atom. The topological polar surface area (TPSA) is 146 Å². The molecule has 3 aromatic carbocycles. The number of hydrazine groups is 1. The number of rotatable bonds is 9. The number of nitrogens with two attached hydrogens (primary N) is 1. The molecule has 0 saturated heterocycles. The Bertz CT molecular complexity index is 1520. The Morgan fingerprint density at radius 3 is 2.38 bits per heavy atom. The van der Waals surface area contributed by atoms with Crippen LogP contribution < -0.4 is 10.6 Å². The summed E-state index contributed by atoms with van der Waals surface area (Å²) in [4.78, 5) is 27.5. The van der Waals surface area contributed by atoms with Crippen molar-refractivity contribution in [3.8, 4) is 0 Å². The predicted molar refractivity (Wildman–Crippen MR) is 153 cm³/mol. The van der Waals surface area contributed by atoms with E-state index < -0.39 is 22.0 Å². The van der Waals surface area contributed by atoms with Crippen molar-refractivity contribution in [2.75, 3.05) is 21.2 Å². The summed E-state index contributed by atoms with van der Waals surface area (Å²) in [5.41, 5.74) is 1.67. The Balaban J connectivity index is 1.64. The van der Waals surface area contributed by atoms with E-state index in [2.05, 4.69) is 4.72 Å². The van der Waals surface area contributed by atoms with Gasteiger partial charge in [0.25, 0.3) is 0 Å². The van der Waals surface area contributed by atoms with Gasteiger partial charge in [-0.25, -0.2) is 19.1 Å². The van der Waals surface area contributed by atoms with Gasteiger partial charge < -0.3 is 9.64 Å². The Morgan fingerprint density at radius 1 is 1.07 bits per heavy atom. The number of hydrogen-bond acceptors (Lipinski definition) is 7. The number of ether oxygens (including phenoxy) is 1. The minimum Gasteiger partial charge on any atom is -0.465 e. The Labute approximate surface area is 234 Å². The van der Waals surface area contributed by atoms with Crippen molar-refractivity contribution in [3.63, 3.8) is 0 Å². The highest BCUT2D eigenvalue weighted by Crippen LogP contribution is 2.26. The largest absolute Gasteiger partial charge is 0.465 e. The quantitative estimate of drug-likeness (QED) is 0.119. The summed E-state index contributed by atoms with van der Waals surface area (Å²) in [5.74, 6) is 4.98. The van der Waals surface area contributed by atoms with Gasteiger partial charge in [0.15, 0.2) is 0 Å². The van der Waals surface area contributed by atoms with Crippen LogP contribution in [0.25, 0.3) is 10.8 Å². The van der Waals surface area contributed by atoms with Gasteiger partial charge >= 0.3 is 5.97 Å². The molecule has 4 rings (SSSR count). The molecule has 1 aliphatic rings. The van der Waals surface area contributed by atoms with E-state index in [1.54, 1.807) is 67.5 Å². The van der Waals surface area contributed by atoms with Crippen molar-refractivity contribution in [1.82, 2.24) is 14.6 Å². The van der Waals surface area contributed by atoms with Crippen LogP contribution in [0.15, 0.2) is 65.6 Å². The molecule has 1 saturated carbocycles. The Kier molecular flexibility index (Phi) is 8.87. The maximum Gasteiger partial charge on any atom is 0.338 e. The van der Waals surface area contributed by atoms with Crippen LogP contribution in [0.4, 0.5) is 0 Å². The second-order valence-electron chi connectivity index (χ2n) is 10.1. The van der Waals surface area contributed by atoms with Crippen molar-refractivity contribution in [2.45, 2.75) is 49.1 Å². The number of benzene rings is 3. The van der Waals surface area contributed by atoms with Gasteiger partial charge in [-0.2, -0.15) is 4.72 Å². The first-order chi connectivity index (χ1) is 19.0. The zero-order valence-electron chi connectivity index (χ0n) is 22.9. The maximum absolute atomic E-state index is 13.7. The molecule has 1 amide bonds. The standard InChI is InChI=1S/C29H35N5O5S/c1-33(22-8-4-5-9-22)28(35)26(17-19-11-13-20(14-12-19)27(30)34(2)31)32-40(37,38)23-15-16-24-21(18-23)7-6-10-25(24)29(36)39-3/h6-7,10-16,18,22,26,30,32H,4-5,8-9,17,31H2,1-3H3/t26-/m0/s1. The molecule has 4 N–H and O–H groups in total. The first-order valence-electron chi connectivity index (χ1n) is 13.1. The molecule has 0 aliphatic heterocycles. The summed E-state index contributed by atoms with van der Waals surface area (Å²) in [5, 5.41) is 10.4. The van der Waals surface area contributed by atoms with E-state index in [-0.39, 0.29) is 29.1 Å². The van der Waals surface area contributed by atoms with Crippen LogP contribution in [0.3, 0.4) is 0 Å². The van der Waals surface area contributed by atoms with Gasteiger partial charge in [-0.05, 0) is 53.8 Å². The zero-order chi connectivity index (χ0) is 29.0. The maximum atomic E-state index is 13.7. The summed E-state index contributed by atoms with van der Waals surface area (Å²) in [6.45, 7) is 0. The predicted octanol–water partition coefficient (Wildman–Crippen LogP) is 3.05. The number of nitrogens with zero attached hydrogens (tertiary/aromatic N) is 2. The highest BCUT2D eigenvalue weighted by atomic mass is 32.2. The molecule has 40 heavy (non-hydrogen) atoms. The fourth-order valence-electron chi connectivity index (χ4n) is 5.11. The van der Waals surface area contributed by atoms with Gasteiger partial charge in [0, 0.05) is 25.7 Å². The molecule has 11 heteroatoms. The van der Waals surface area contributed by atoms with Crippen molar-refractivity contribution in [1.29, 1.82) is 5.41 Å². The molecule has 1 aliphatic carbocycles. The number of fused-ring (bicyclic) bond motifs is 1. The van der Waals surface area contributed by atoms with Crippen LogP contribution in [0.1, 0.15) is 47.2 Å². The number of carbonyl (C=O) groups excluding carboxylic acids is 2. The Hall–Kier alpha value is -3.80. The first kappa shape index (κ1) is 29.2. The molecule has 212 valence electrons. The van der Waals surface area contributed by atoms with Crippen molar-refractivity contribution >= 4 is 38.5 Å². The first-order valence-corrected chi connectivity index (χ1v) is 14.6. The number of amidine groups is 1. The zero-order valence-corrected chi connectivity index (χ0v) is 23.7. The summed E-state index contributed by atoms with van der Waals surface area (Å²) >= 11 is 0. The van der Waals surface area contributed by atoms with E-state index in [1.807, 2.05) is 0 Å². The van der Waals surface area contributed by atoms with Crippen LogP contribution in [-0.4, -0.2) is 69.3 Å². The monoisotopic (exact) mass is 565 g/mol. The lowest BCUT2D eigenvalue weighted by atomic mass is 10.0. The van der Waals surface area contributed by atoms with E-state index in [9.17, 15) is 18.0 Å². The third kappa shape index (κ3) is 6.33. The molecule has 3 aromatic rings. The molecular formula is C29H35N5O5S. The summed E-state index contributed by atoms with van der Waals surface area (Å²) in [6.07, 6.45) is 3.97. The molecule has 1 atom stereocenters. The van der Waals surface area contributed by atoms with E-state index in [4.69, 9.17) is 16.0 Å². The average Bonchev–Trinajstić information content (AvgIpc) is 3.50. The van der Waals surface area contributed by atoms with Crippen LogP contribution in [-0.2, 0) is 26.0 Å². The van der Waals surface area contributed by atoms with Gasteiger partial charge in [-0.15, -0.1) is 0 Å². The minimum absolute atomic E-state index is 0.0156. The second-order valence-corrected chi connectivity index (χ2v) is 11.8.